The van der Waals surface area contributed by atoms with Crippen LogP contribution in [-0.4, -0.2) is 31.5 Å². The van der Waals surface area contributed by atoms with Crippen molar-refractivity contribution in [2.24, 2.45) is 0 Å². The van der Waals surface area contributed by atoms with Gasteiger partial charge in [-0.2, -0.15) is 5.26 Å². The maximum atomic E-state index is 9.13. The summed E-state index contributed by atoms with van der Waals surface area (Å²) in [4.78, 5) is 0. The van der Waals surface area contributed by atoms with E-state index in [9.17, 15) is 0 Å². The number of ether oxygens (including phenoxy) is 1. The van der Waals surface area contributed by atoms with Crippen molar-refractivity contribution in [2.45, 2.75) is 13.0 Å². The van der Waals surface area contributed by atoms with Crippen molar-refractivity contribution >= 4 is 5.69 Å². The van der Waals surface area contributed by atoms with Crippen LogP contribution in [0.15, 0.2) is 18.2 Å². The summed E-state index contributed by atoms with van der Waals surface area (Å²) >= 11 is 0. The lowest BCUT2D eigenvalue weighted by Gasteiger charge is -2.17. The van der Waals surface area contributed by atoms with Crippen molar-refractivity contribution in [3.63, 3.8) is 0 Å². The summed E-state index contributed by atoms with van der Waals surface area (Å²) < 4.78 is 4.97. The van der Waals surface area contributed by atoms with Crippen LogP contribution in [0.25, 0.3) is 0 Å². The standard InChI is InChI=1S/C12H16N2O2/c1-9-3-4-10(6-13)12(5-9)14-11(7-15)8-16-2/h3-5,11,14-15H,7-8H2,1-2H3. The summed E-state index contributed by atoms with van der Waals surface area (Å²) in [5.74, 6) is 0. The third kappa shape index (κ3) is 3.23. The molecule has 86 valence electrons. The van der Waals surface area contributed by atoms with E-state index in [1.165, 1.54) is 0 Å². The first-order chi connectivity index (χ1) is 7.71. The molecule has 0 saturated heterocycles. The molecule has 1 unspecified atom stereocenters. The number of aliphatic hydroxyl groups is 1. The molecule has 1 rings (SSSR count). The van der Waals surface area contributed by atoms with Crippen LogP contribution in [-0.2, 0) is 4.74 Å². The number of aliphatic hydroxyl groups excluding tert-OH is 1. The predicted molar refractivity (Wildman–Crippen MR) is 62.3 cm³/mol. The Morgan fingerprint density at radius 1 is 1.56 bits per heavy atom. The lowest BCUT2D eigenvalue weighted by atomic mass is 10.1. The first kappa shape index (κ1) is 12.5. The molecule has 0 amide bonds. The van der Waals surface area contributed by atoms with Gasteiger partial charge in [0.25, 0.3) is 0 Å². The first-order valence-electron chi connectivity index (χ1n) is 5.08. The first-order valence-corrected chi connectivity index (χ1v) is 5.08. The fourth-order valence-corrected chi connectivity index (χ4v) is 1.44. The van der Waals surface area contributed by atoms with Crippen molar-refractivity contribution in [2.75, 3.05) is 25.6 Å². The molecule has 16 heavy (non-hydrogen) atoms. The van der Waals surface area contributed by atoms with Gasteiger partial charge in [0.15, 0.2) is 0 Å². The van der Waals surface area contributed by atoms with Crippen LogP contribution in [0.3, 0.4) is 0 Å². The summed E-state index contributed by atoms with van der Waals surface area (Å²) in [5, 5.41) is 21.2. The molecule has 0 saturated carbocycles. The minimum Gasteiger partial charge on any atom is -0.394 e. The minimum atomic E-state index is -0.195. The number of hydrogen-bond donors (Lipinski definition) is 2. The van der Waals surface area contributed by atoms with Crippen LogP contribution >= 0.6 is 0 Å². The zero-order chi connectivity index (χ0) is 12.0. The minimum absolute atomic E-state index is 0.0351. The highest BCUT2D eigenvalue weighted by molar-refractivity contribution is 5.59. The molecule has 0 aliphatic rings. The predicted octanol–water partition coefficient (Wildman–Crippen LogP) is 1.29. The van der Waals surface area contributed by atoms with E-state index in [0.717, 1.165) is 11.3 Å². The fraction of sp³-hybridized carbons (Fsp3) is 0.417. The van der Waals surface area contributed by atoms with Gasteiger partial charge in [-0.05, 0) is 24.6 Å². The third-order valence-corrected chi connectivity index (χ3v) is 2.24. The van der Waals surface area contributed by atoms with E-state index in [4.69, 9.17) is 15.1 Å². The van der Waals surface area contributed by atoms with Gasteiger partial charge in [0.05, 0.1) is 30.5 Å². The van der Waals surface area contributed by atoms with Crippen molar-refractivity contribution in [3.8, 4) is 6.07 Å². The molecule has 0 spiro atoms. The number of nitrogens with one attached hydrogen (secondary N) is 1. The number of benzene rings is 1. The van der Waals surface area contributed by atoms with Crippen molar-refractivity contribution < 1.29 is 9.84 Å². The Bertz CT molecular complexity index is 385. The van der Waals surface area contributed by atoms with E-state index in [2.05, 4.69) is 11.4 Å². The normalized spacial score (nSPS) is 11.9. The monoisotopic (exact) mass is 220 g/mol. The maximum absolute atomic E-state index is 9.13. The molecule has 0 aliphatic heterocycles. The molecular formula is C12H16N2O2. The van der Waals surface area contributed by atoms with E-state index in [1.54, 1.807) is 13.2 Å². The van der Waals surface area contributed by atoms with Gasteiger partial charge in [0.2, 0.25) is 0 Å². The topological polar surface area (TPSA) is 65.3 Å². The summed E-state index contributed by atoms with van der Waals surface area (Å²) in [7, 11) is 1.58. The Balaban J connectivity index is 2.86. The second kappa shape index (κ2) is 6.11. The van der Waals surface area contributed by atoms with Gasteiger partial charge < -0.3 is 15.2 Å². The van der Waals surface area contributed by atoms with Gasteiger partial charge >= 0.3 is 0 Å². The molecule has 0 fully saturated rings. The number of anilines is 1. The number of methoxy groups -OCH3 is 1. The molecular weight excluding hydrogens is 204 g/mol. The van der Waals surface area contributed by atoms with E-state index in [1.807, 2.05) is 19.1 Å². The highest BCUT2D eigenvalue weighted by Crippen LogP contribution is 2.17. The molecule has 0 aromatic heterocycles. The second-order valence-corrected chi connectivity index (χ2v) is 3.64. The summed E-state index contributed by atoms with van der Waals surface area (Å²) in [6.07, 6.45) is 0. The number of nitrogens with zero attached hydrogens (tertiary/aromatic N) is 1. The van der Waals surface area contributed by atoms with Gasteiger partial charge in [-0.25, -0.2) is 0 Å². The number of nitriles is 1. The van der Waals surface area contributed by atoms with Crippen LogP contribution in [0.2, 0.25) is 0 Å². The van der Waals surface area contributed by atoms with Crippen LogP contribution in [0.4, 0.5) is 5.69 Å². The Morgan fingerprint density at radius 3 is 2.88 bits per heavy atom. The lowest BCUT2D eigenvalue weighted by molar-refractivity contribution is 0.153. The van der Waals surface area contributed by atoms with Gasteiger partial charge in [-0.3, -0.25) is 0 Å². The maximum Gasteiger partial charge on any atom is 0.101 e. The Labute approximate surface area is 95.5 Å². The zero-order valence-electron chi connectivity index (χ0n) is 9.53. The Kier molecular flexibility index (Phi) is 4.77. The quantitative estimate of drug-likeness (QED) is 0.784. The van der Waals surface area contributed by atoms with E-state index in [-0.39, 0.29) is 12.6 Å². The summed E-state index contributed by atoms with van der Waals surface area (Å²) in [5.41, 5.74) is 2.37. The van der Waals surface area contributed by atoms with Crippen molar-refractivity contribution in [1.29, 1.82) is 5.26 Å². The van der Waals surface area contributed by atoms with Crippen LogP contribution in [0, 0.1) is 18.3 Å². The molecule has 1 aromatic rings. The largest absolute Gasteiger partial charge is 0.394 e. The van der Waals surface area contributed by atoms with Gasteiger partial charge in [-0.1, -0.05) is 6.07 Å². The molecule has 1 atom stereocenters. The molecule has 0 aliphatic carbocycles. The van der Waals surface area contributed by atoms with Crippen LogP contribution in [0.5, 0.6) is 0 Å². The summed E-state index contributed by atoms with van der Waals surface area (Å²) in [6.45, 7) is 2.32. The SMILES string of the molecule is COCC(CO)Nc1cc(C)ccc1C#N. The molecule has 1 aromatic carbocycles. The van der Waals surface area contributed by atoms with E-state index >= 15 is 0 Å². The summed E-state index contributed by atoms with van der Waals surface area (Å²) in [6, 6.07) is 7.45. The smallest absolute Gasteiger partial charge is 0.101 e. The van der Waals surface area contributed by atoms with Gasteiger partial charge in [0.1, 0.15) is 6.07 Å². The molecule has 2 N–H and O–H groups in total. The molecule has 0 radical (unpaired) electrons. The number of rotatable bonds is 5. The highest BCUT2D eigenvalue weighted by Gasteiger charge is 2.09. The Morgan fingerprint density at radius 2 is 2.31 bits per heavy atom. The van der Waals surface area contributed by atoms with Crippen molar-refractivity contribution in [1.82, 2.24) is 0 Å². The van der Waals surface area contributed by atoms with Crippen molar-refractivity contribution in [3.05, 3.63) is 29.3 Å². The average Bonchev–Trinajstić information content (AvgIpc) is 2.29. The molecule has 0 heterocycles. The van der Waals surface area contributed by atoms with E-state index in [0.29, 0.717) is 12.2 Å². The van der Waals surface area contributed by atoms with Gasteiger partial charge in [-0.15, -0.1) is 0 Å². The van der Waals surface area contributed by atoms with Crippen LogP contribution in [0.1, 0.15) is 11.1 Å². The highest BCUT2D eigenvalue weighted by atomic mass is 16.5. The fourth-order valence-electron chi connectivity index (χ4n) is 1.44. The number of aryl methyl sites for hydroxylation is 1. The zero-order valence-corrected chi connectivity index (χ0v) is 9.53. The van der Waals surface area contributed by atoms with E-state index < -0.39 is 0 Å². The lowest BCUT2D eigenvalue weighted by Crippen LogP contribution is -2.29. The second-order valence-electron chi connectivity index (χ2n) is 3.64. The number of hydrogen-bond acceptors (Lipinski definition) is 4. The van der Waals surface area contributed by atoms with Crippen LogP contribution < -0.4 is 5.32 Å². The molecule has 4 nitrogen and oxygen atoms in total. The average molecular weight is 220 g/mol. The molecule has 0 bridgehead atoms. The van der Waals surface area contributed by atoms with Gasteiger partial charge in [0, 0.05) is 7.11 Å². The molecule has 4 heteroatoms. The Hall–Kier alpha value is -1.57. The third-order valence-electron chi connectivity index (χ3n) is 2.24.